The first-order chi connectivity index (χ1) is 4.72. The molecule has 55 valence electrons. The molecule has 11 heavy (non-hydrogen) atoms. The van der Waals surface area contributed by atoms with Crippen LogP contribution < -0.4 is 0 Å². The number of rotatable bonds is 1. The van der Waals surface area contributed by atoms with Crippen LogP contribution in [-0.2, 0) is 11.1 Å². The summed E-state index contributed by atoms with van der Waals surface area (Å²) in [5, 5.41) is 0. The Morgan fingerprint density at radius 3 is 2.27 bits per heavy atom. The Balaban J connectivity index is 0.000001000. The van der Waals surface area contributed by atoms with Crippen molar-refractivity contribution in [1.29, 1.82) is 0 Å². The van der Waals surface area contributed by atoms with Crippen LogP contribution in [-0.4, -0.2) is 38.3 Å². The van der Waals surface area contributed by atoms with Crippen molar-refractivity contribution in [1.82, 2.24) is 0 Å². The van der Waals surface area contributed by atoms with Gasteiger partial charge in [0.25, 0.3) is 0 Å². The second kappa shape index (κ2) is 5.06. The maximum atomic E-state index is 10.5. The monoisotopic (exact) mass is 179 g/mol. The van der Waals surface area contributed by atoms with E-state index in [2.05, 4.69) is 0 Å². The standard InChI is InChI=1S/C7H8O2S.Na/c1-6-4-2-3-5-7(6)10(8)9;/h2-5H,1H3,(H,8,9);. The summed E-state index contributed by atoms with van der Waals surface area (Å²) in [6.45, 7) is 1.81. The molecule has 0 fully saturated rings. The summed E-state index contributed by atoms with van der Waals surface area (Å²) >= 11 is -1.84. The zero-order chi connectivity index (χ0) is 7.56. The molecule has 1 N–H and O–H groups in total. The fourth-order valence-corrected chi connectivity index (χ4v) is 1.29. The summed E-state index contributed by atoms with van der Waals surface area (Å²) in [6.07, 6.45) is 0. The van der Waals surface area contributed by atoms with E-state index in [4.69, 9.17) is 4.55 Å². The van der Waals surface area contributed by atoms with Gasteiger partial charge in [0.2, 0.25) is 0 Å². The van der Waals surface area contributed by atoms with E-state index in [1.54, 1.807) is 12.1 Å². The minimum atomic E-state index is -1.84. The van der Waals surface area contributed by atoms with Crippen LogP contribution in [0.2, 0.25) is 0 Å². The first-order valence-corrected chi connectivity index (χ1v) is 3.99. The molecule has 0 aliphatic carbocycles. The van der Waals surface area contributed by atoms with Crippen LogP contribution in [0, 0.1) is 6.92 Å². The van der Waals surface area contributed by atoms with Crippen molar-refractivity contribution in [3.63, 3.8) is 0 Å². The van der Waals surface area contributed by atoms with Crippen molar-refractivity contribution < 1.29 is 8.76 Å². The average molecular weight is 179 g/mol. The molecule has 1 unspecified atom stereocenters. The topological polar surface area (TPSA) is 37.3 Å². The third kappa shape index (κ3) is 3.05. The van der Waals surface area contributed by atoms with Crippen LogP contribution in [0.5, 0.6) is 0 Å². The molecule has 0 saturated carbocycles. The van der Waals surface area contributed by atoms with E-state index in [0.29, 0.717) is 4.90 Å². The van der Waals surface area contributed by atoms with E-state index < -0.39 is 11.1 Å². The summed E-state index contributed by atoms with van der Waals surface area (Å²) in [7, 11) is 0. The van der Waals surface area contributed by atoms with Crippen LogP contribution in [0.15, 0.2) is 29.2 Å². The molecule has 0 bridgehead atoms. The van der Waals surface area contributed by atoms with Crippen LogP contribution in [0.4, 0.5) is 0 Å². The molecule has 2 nitrogen and oxygen atoms in total. The predicted molar refractivity (Wildman–Crippen MR) is 46.0 cm³/mol. The normalized spacial score (nSPS) is 11.8. The van der Waals surface area contributed by atoms with Gasteiger partial charge in [-0.1, -0.05) is 18.2 Å². The Hall–Kier alpha value is 0.330. The van der Waals surface area contributed by atoms with Crippen LogP contribution in [0.25, 0.3) is 0 Å². The average Bonchev–Trinajstić information content (AvgIpc) is 1.88. The van der Waals surface area contributed by atoms with Gasteiger partial charge in [-0.05, 0) is 18.6 Å². The predicted octanol–water partition coefficient (Wildman–Crippen LogP) is 1.19. The SMILES string of the molecule is Cc1ccccc1S(=O)O.[Na]. The molecule has 1 rings (SSSR count). The van der Waals surface area contributed by atoms with E-state index in [9.17, 15) is 4.21 Å². The van der Waals surface area contributed by atoms with Gasteiger partial charge in [-0.15, -0.1) is 0 Å². The fourth-order valence-electron chi connectivity index (χ4n) is 0.752. The first-order valence-electron chi connectivity index (χ1n) is 2.88. The molecule has 1 aromatic rings. The molecule has 0 spiro atoms. The molecular weight excluding hydrogens is 171 g/mol. The second-order valence-electron chi connectivity index (χ2n) is 2.01. The van der Waals surface area contributed by atoms with Crippen LogP contribution in [0.1, 0.15) is 5.56 Å². The van der Waals surface area contributed by atoms with E-state index in [-0.39, 0.29) is 29.6 Å². The Morgan fingerprint density at radius 1 is 1.36 bits per heavy atom. The van der Waals surface area contributed by atoms with Gasteiger partial charge in [0.05, 0.1) is 4.90 Å². The second-order valence-corrected chi connectivity index (χ2v) is 2.95. The largest absolute Gasteiger partial charge is 0.302 e. The number of benzene rings is 1. The Bertz CT molecular complexity index is 262. The van der Waals surface area contributed by atoms with Gasteiger partial charge in [-0.3, -0.25) is 0 Å². The zero-order valence-corrected chi connectivity index (χ0v) is 9.39. The molecule has 0 aliphatic rings. The maximum absolute atomic E-state index is 10.5. The smallest absolute Gasteiger partial charge is 0.186 e. The number of hydrogen-bond acceptors (Lipinski definition) is 1. The molecule has 0 aliphatic heterocycles. The van der Waals surface area contributed by atoms with Crippen LogP contribution in [0.3, 0.4) is 0 Å². The minimum absolute atomic E-state index is 0. The van der Waals surface area contributed by atoms with Gasteiger partial charge in [0.1, 0.15) is 0 Å². The summed E-state index contributed by atoms with van der Waals surface area (Å²) < 4.78 is 19.2. The summed E-state index contributed by atoms with van der Waals surface area (Å²) in [5.74, 6) is 0. The van der Waals surface area contributed by atoms with Crippen molar-refractivity contribution in [2.24, 2.45) is 0 Å². The first kappa shape index (κ1) is 11.3. The van der Waals surface area contributed by atoms with Gasteiger partial charge < -0.3 is 4.55 Å². The molecule has 4 heteroatoms. The third-order valence-corrected chi connectivity index (χ3v) is 2.12. The van der Waals surface area contributed by atoms with E-state index in [1.807, 2.05) is 19.1 Å². The molecule has 1 radical (unpaired) electrons. The summed E-state index contributed by atoms with van der Waals surface area (Å²) in [6, 6.07) is 7.04. The minimum Gasteiger partial charge on any atom is -0.302 e. The molecular formula is C7H8NaO2S. The van der Waals surface area contributed by atoms with Gasteiger partial charge in [-0.25, -0.2) is 4.21 Å². The number of aryl methyl sites for hydroxylation is 1. The van der Waals surface area contributed by atoms with E-state index in [1.165, 1.54) is 0 Å². The fraction of sp³-hybridized carbons (Fsp3) is 0.143. The van der Waals surface area contributed by atoms with Gasteiger partial charge >= 0.3 is 0 Å². The van der Waals surface area contributed by atoms with Crippen molar-refractivity contribution in [3.05, 3.63) is 29.8 Å². The Morgan fingerprint density at radius 2 is 1.91 bits per heavy atom. The molecule has 1 atom stereocenters. The van der Waals surface area contributed by atoms with Gasteiger partial charge in [0.15, 0.2) is 11.1 Å². The van der Waals surface area contributed by atoms with Gasteiger partial charge in [-0.2, -0.15) is 0 Å². The molecule has 0 heterocycles. The quantitative estimate of drug-likeness (QED) is 0.519. The van der Waals surface area contributed by atoms with Crippen molar-refractivity contribution in [3.8, 4) is 0 Å². The van der Waals surface area contributed by atoms with Crippen molar-refractivity contribution in [2.75, 3.05) is 0 Å². The van der Waals surface area contributed by atoms with Crippen molar-refractivity contribution in [2.45, 2.75) is 11.8 Å². The molecule has 0 amide bonds. The molecule has 1 aromatic carbocycles. The zero-order valence-electron chi connectivity index (χ0n) is 6.57. The Kier molecular flexibility index (Phi) is 5.21. The summed E-state index contributed by atoms with van der Waals surface area (Å²) in [5.41, 5.74) is 0.850. The summed E-state index contributed by atoms with van der Waals surface area (Å²) in [4.78, 5) is 0.488. The maximum Gasteiger partial charge on any atom is 0.186 e. The van der Waals surface area contributed by atoms with Gasteiger partial charge in [0, 0.05) is 29.6 Å². The molecule has 0 aromatic heterocycles. The van der Waals surface area contributed by atoms with Crippen LogP contribution >= 0.6 is 0 Å². The Labute approximate surface area is 90.6 Å². The van der Waals surface area contributed by atoms with Crippen molar-refractivity contribution >= 4 is 40.6 Å². The molecule has 0 saturated heterocycles. The van der Waals surface area contributed by atoms with E-state index >= 15 is 0 Å². The van der Waals surface area contributed by atoms with E-state index in [0.717, 1.165) is 5.56 Å². The number of hydrogen-bond donors (Lipinski definition) is 1. The third-order valence-electron chi connectivity index (χ3n) is 1.28.